The molecular weight excluding hydrogens is 364 g/mol. The third-order valence-corrected chi connectivity index (χ3v) is 6.12. The van der Waals surface area contributed by atoms with Gasteiger partial charge in [0, 0.05) is 17.2 Å². The summed E-state index contributed by atoms with van der Waals surface area (Å²) in [7, 11) is 0. The highest BCUT2D eigenvalue weighted by molar-refractivity contribution is 7.91. The molecule has 0 spiro atoms. The van der Waals surface area contributed by atoms with E-state index in [1.54, 1.807) is 0 Å². The smallest absolute Gasteiger partial charge is 0.154 e. The molecule has 1 atom stereocenters. The van der Waals surface area contributed by atoms with Gasteiger partial charge in [0.05, 0.1) is 22.4 Å². The fraction of sp³-hybridized carbons (Fsp3) is 0.167. The Labute approximate surface area is 168 Å². The number of fused-ring (bicyclic) bond motifs is 1. The lowest BCUT2D eigenvalue weighted by Gasteiger charge is -2.13. The monoisotopic (exact) mass is 386 g/mol. The first-order chi connectivity index (χ1) is 13.8. The van der Waals surface area contributed by atoms with E-state index in [4.69, 9.17) is 9.97 Å². The molecule has 0 N–H and O–H groups in total. The molecule has 0 aliphatic heterocycles. The number of benzene rings is 3. The Morgan fingerprint density at radius 3 is 1.89 bits per heavy atom. The maximum Gasteiger partial charge on any atom is 0.154 e. The molecule has 3 nitrogen and oxygen atoms in total. The minimum Gasteiger partial charge on any atom is -0.611 e. The van der Waals surface area contributed by atoms with Crippen LogP contribution in [0.1, 0.15) is 19.8 Å². The Balaban J connectivity index is 1.87. The molecule has 0 aliphatic rings. The molecule has 1 unspecified atom stereocenters. The Bertz CT molecular complexity index is 1070. The molecule has 4 heteroatoms. The van der Waals surface area contributed by atoms with Crippen LogP contribution in [-0.4, -0.2) is 20.3 Å². The van der Waals surface area contributed by atoms with Crippen LogP contribution in [0.25, 0.3) is 33.5 Å². The van der Waals surface area contributed by atoms with Gasteiger partial charge in [-0.1, -0.05) is 74.0 Å². The van der Waals surface area contributed by atoms with Gasteiger partial charge in [-0.25, -0.2) is 9.97 Å². The molecular formula is C24H22N2OS. The van der Waals surface area contributed by atoms with E-state index in [0.717, 1.165) is 51.3 Å². The van der Waals surface area contributed by atoms with Crippen LogP contribution in [0.4, 0.5) is 0 Å². The summed E-state index contributed by atoms with van der Waals surface area (Å²) < 4.78 is 12.6. The van der Waals surface area contributed by atoms with E-state index in [-0.39, 0.29) is 0 Å². The highest BCUT2D eigenvalue weighted by atomic mass is 32.2. The van der Waals surface area contributed by atoms with Crippen LogP contribution in [-0.2, 0) is 11.2 Å². The second-order valence-electron chi connectivity index (χ2n) is 6.71. The average Bonchev–Trinajstić information content (AvgIpc) is 2.77. The van der Waals surface area contributed by atoms with Crippen molar-refractivity contribution in [2.75, 3.05) is 5.75 Å². The SMILES string of the molecule is CCCC[S+]([O-])c1ccc2nc(-c3ccccc3)c(-c3ccccc3)nc2c1. The molecule has 140 valence electrons. The molecule has 4 rings (SSSR count). The Morgan fingerprint density at radius 1 is 0.750 bits per heavy atom. The first kappa shape index (κ1) is 18.7. The zero-order chi connectivity index (χ0) is 19.3. The number of rotatable bonds is 6. The van der Waals surface area contributed by atoms with Gasteiger partial charge in [0.25, 0.3) is 0 Å². The molecule has 0 saturated carbocycles. The summed E-state index contributed by atoms with van der Waals surface area (Å²) in [5.41, 5.74) is 5.35. The van der Waals surface area contributed by atoms with Crippen LogP contribution in [0, 0.1) is 0 Å². The van der Waals surface area contributed by atoms with Crippen LogP contribution >= 0.6 is 0 Å². The van der Waals surface area contributed by atoms with Crippen molar-refractivity contribution in [1.82, 2.24) is 9.97 Å². The first-order valence-electron chi connectivity index (χ1n) is 9.57. The van der Waals surface area contributed by atoms with Gasteiger partial charge >= 0.3 is 0 Å². The number of nitrogens with zero attached hydrogens (tertiary/aromatic N) is 2. The highest BCUT2D eigenvalue weighted by Crippen LogP contribution is 2.31. The summed E-state index contributed by atoms with van der Waals surface area (Å²) >= 11 is -1.000. The van der Waals surface area contributed by atoms with Crippen LogP contribution in [0.15, 0.2) is 83.8 Å². The Hall–Kier alpha value is -2.69. The molecule has 1 heterocycles. The van der Waals surface area contributed by atoms with Crippen molar-refractivity contribution in [2.24, 2.45) is 0 Å². The first-order valence-corrected chi connectivity index (χ1v) is 10.9. The highest BCUT2D eigenvalue weighted by Gasteiger charge is 2.16. The molecule has 1 aromatic heterocycles. The van der Waals surface area contributed by atoms with E-state index in [1.165, 1.54) is 0 Å². The predicted octanol–water partition coefficient (Wildman–Crippen LogP) is 5.87. The lowest BCUT2D eigenvalue weighted by Crippen LogP contribution is -2.07. The number of hydrogen-bond acceptors (Lipinski definition) is 3. The number of unbranched alkanes of at least 4 members (excludes halogenated alkanes) is 1. The van der Waals surface area contributed by atoms with Crippen LogP contribution in [0.2, 0.25) is 0 Å². The van der Waals surface area contributed by atoms with Gasteiger partial charge in [-0.3, -0.25) is 0 Å². The summed E-state index contributed by atoms with van der Waals surface area (Å²) in [6.07, 6.45) is 2.00. The lowest BCUT2D eigenvalue weighted by molar-refractivity contribution is 0.592. The second kappa shape index (κ2) is 8.55. The van der Waals surface area contributed by atoms with Gasteiger partial charge in [0.2, 0.25) is 0 Å². The zero-order valence-electron chi connectivity index (χ0n) is 15.8. The maximum absolute atomic E-state index is 12.6. The van der Waals surface area contributed by atoms with E-state index >= 15 is 0 Å². The molecule has 3 aromatic carbocycles. The van der Waals surface area contributed by atoms with Gasteiger partial charge in [0.1, 0.15) is 5.75 Å². The Kier molecular flexibility index (Phi) is 5.70. The van der Waals surface area contributed by atoms with Gasteiger partial charge < -0.3 is 4.55 Å². The maximum atomic E-state index is 12.6. The molecule has 0 amide bonds. The molecule has 0 bridgehead atoms. The standard InChI is InChI=1S/C24H22N2OS/c1-2-3-16-28(27)20-14-15-21-22(17-20)26-24(19-12-8-5-9-13-19)23(25-21)18-10-6-4-7-11-18/h4-15,17H,2-3,16H2,1H3. The fourth-order valence-corrected chi connectivity index (χ4v) is 4.41. The summed E-state index contributed by atoms with van der Waals surface area (Å²) in [6, 6.07) is 26.0. The van der Waals surface area contributed by atoms with Crippen molar-refractivity contribution < 1.29 is 4.55 Å². The fourth-order valence-electron chi connectivity index (χ4n) is 3.16. The number of aromatic nitrogens is 2. The second-order valence-corrected chi connectivity index (χ2v) is 8.28. The van der Waals surface area contributed by atoms with E-state index < -0.39 is 11.2 Å². The van der Waals surface area contributed by atoms with Gasteiger partial charge in [-0.15, -0.1) is 0 Å². The molecule has 0 fully saturated rings. The van der Waals surface area contributed by atoms with E-state index in [9.17, 15) is 4.55 Å². The molecule has 0 saturated heterocycles. The van der Waals surface area contributed by atoms with Crippen molar-refractivity contribution in [3.8, 4) is 22.5 Å². The minimum atomic E-state index is -1.000. The third-order valence-electron chi connectivity index (χ3n) is 4.68. The van der Waals surface area contributed by atoms with Crippen molar-refractivity contribution >= 4 is 22.2 Å². The topological polar surface area (TPSA) is 48.8 Å². The normalized spacial score (nSPS) is 12.2. The molecule has 28 heavy (non-hydrogen) atoms. The summed E-state index contributed by atoms with van der Waals surface area (Å²) in [5.74, 6) is 0.684. The summed E-state index contributed by atoms with van der Waals surface area (Å²) in [4.78, 5) is 10.7. The van der Waals surface area contributed by atoms with Gasteiger partial charge in [-0.2, -0.15) is 0 Å². The third kappa shape index (κ3) is 3.93. The van der Waals surface area contributed by atoms with Gasteiger partial charge in [-0.05, 0) is 29.7 Å². The largest absolute Gasteiger partial charge is 0.611 e. The Morgan fingerprint density at radius 2 is 1.32 bits per heavy atom. The molecule has 0 aliphatic carbocycles. The summed E-state index contributed by atoms with van der Waals surface area (Å²) in [6.45, 7) is 2.11. The van der Waals surface area contributed by atoms with Crippen molar-refractivity contribution in [3.05, 3.63) is 78.9 Å². The quantitative estimate of drug-likeness (QED) is 0.389. The predicted molar refractivity (Wildman–Crippen MR) is 117 cm³/mol. The van der Waals surface area contributed by atoms with E-state index in [0.29, 0.717) is 5.75 Å². The molecule has 4 aromatic rings. The van der Waals surface area contributed by atoms with E-state index in [2.05, 4.69) is 19.1 Å². The minimum absolute atomic E-state index is 0.684. The van der Waals surface area contributed by atoms with Crippen LogP contribution < -0.4 is 0 Å². The van der Waals surface area contributed by atoms with E-state index in [1.807, 2.05) is 66.7 Å². The number of hydrogen-bond donors (Lipinski definition) is 0. The van der Waals surface area contributed by atoms with Crippen molar-refractivity contribution in [3.63, 3.8) is 0 Å². The average molecular weight is 387 g/mol. The zero-order valence-corrected chi connectivity index (χ0v) is 16.7. The van der Waals surface area contributed by atoms with Crippen molar-refractivity contribution in [2.45, 2.75) is 24.7 Å². The summed E-state index contributed by atoms with van der Waals surface area (Å²) in [5, 5.41) is 0. The molecule has 0 radical (unpaired) electrons. The lowest BCUT2D eigenvalue weighted by atomic mass is 10.0. The van der Waals surface area contributed by atoms with Crippen LogP contribution in [0.3, 0.4) is 0 Å². The van der Waals surface area contributed by atoms with Crippen LogP contribution in [0.5, 0.6) is 0 Å². The van der Waals surface area contributed by atoms with Crippen molar-refractivity contribution in [1.29, 1.82) is 0 Å². The van der Waals surface area contributed by atoms with Gasteiger partial charge in [0.15, 0.2) is 4.90 Å².